The molecule has 0 aromatic heterocycles. The summed E-state index contributed by atoms with van der Waals surface area (Å²) in [4.78, 5) is 0. The van der Waals surface area contributed by atoms with Crippen molar-refractivity contribution in [1.82, 2.24) is 5.32 Å². The molecule has 112 valence electrons. The fourth-order valence-electron chi connectivity index (χ4n) is 2.74. The van der Waals surface area contributed by atoms with Crippen molar-refractivity contribution < 1.29 is 9.47 Å². The van der Waals surface area contributed by atoms with Crippen molar-refractivity contribution in [3.8, 4) is 11.5 Å². The molecule has 3 heteroatoms. The van der Waals surface area contributed by atoms with E-state index in [1.165, 1.54) is 31.2 Å². The van der Waals surface area contributed by atoms with Crippen LogP contribution in [0.1, 0.15) is 44.6 Å². The molecular weight excluding hydrogens is 250 g/mol. The van der Waals surface area contributed by atoms with Crippen molar-refractivity contribution in [2.24, 2.45) is 0 Å². The first-order chi connectivity index (χ1) is 9.83. The second-order valence-corrected chi connectivity index (χ2v) is 5.48. The normalized spacial score (nSPS) is 15.5. The highest BCUT2D eigenvalue weighted by Gasteiger charge is 2.13. The number of rotatable bonds is 8. The number of benzene rings is 1. The molecule has 0 amide bonds. The second-order valence-electron chi connectivity index (χ2n) is 5.48. The molecule has 0 atom stereocenters. The lowest BCUT2D eigenvalue weighted by molar-refractivity contribution is 0.285. The molecule has 0 aliphatic heterocycles. The minimum absolute atomic E-state index is 0.738. The minimum Gasteiger partial charge on any atom is -0.493 e. The first-order valence-electron chi connectivity index (χ1n) is 7.86. The van der Waals surface area contributed by atoms with Crippen LogP contribution in [-0.4, -0.2) is 26.3 Å². The zero-order valence-corrected chi connectivity index (χ0v) is 12.8. The number of nitrogens with one attached hydrogen (secondary N) is 1. The predicted molar refractivity (Wildman–Crippen MR) is 82.7 cm³/mol. The maximum Gasteiger partial charge on any atom is 0.161 e. The lowest BCUT2D eigenvalue weighted by Crippen LogP contribution is -2.27. The third-order valence-electron chi connectivity index (χ3n) is 4.00. The van der Waals surface area contributed by atoms with Gasteiger partial charge in [0.15, 0.2) is 11.5 Å². The van der Waals surface area contributed by atoms with Gasteiger partial charge in [-0.2, -0.15) is 0 Å². The van der Waals surface area contributed by atoms with Gasteiger partial charge in [0.25, 0.3) is 0 Å². The van der Waals surface area contributed by atoms with Gasteiger partial charge in [-0.15, -0.1) is 0 Å². The van der Waals surface area contributed by atoms with Crippen LogP contribution >= 0.6 is 0 Å². The van der Waals surface area contributed by atoms with Crippen LogP contribution < -0.4 is 14.8 Å². The van der Waals surface area contributed by atoms with E-state index < -0.39 is 0 Å². The van der Waals surface area contributed by atoms with Crippen LogP contribution in [0.3, 0.4) is 0 Å². The molecule has 0 radical (unpaired) electrons. The van der Waals surface area contributed by atoms with Crippen molar-refractivity contribution in [1.29, 1.82) is 0 Å². The number of ether oxygens (including phenoxy) is 2. The highest BCUT2D eigenvalue weighted by atomic mass is 16.5. The largest absolute Gasteiger partial charge is 0.493 e. The lowest BCUT2D eigenvalue weighted by Gasteiger charge is -2.14. The zero-order chi connectivity index (χ0) is 14.2. The van der Waals surface area contributed by atoms with Crippen molar-refractivity contribution in [2.75, 3.05) is 20.3 Å². The van der Waals surface area contributed by atoms with E-state index in [4.69, 9.17) is 9.47 Å². The summed E-state index contributed by atoms with van der Waals surface area (Å²) in [5.41, 5.74) is 1.28. The molecule has 3 nitrogen and oxygen atoms in total. The summed E-state index contributed by atoms with van der Waals surface area (Å²) in [5.74, 6) is 1.69. The summed E-state index contributed by atoms with van der Waals surface area (Å²) in [6.07, 6.45) is 7.50. The van der Waals surface area contributed by atoms with Gasteiger partial charge in [0.1, 0.15) is 0 Å². The second kappa shape index (κ2) is 8.15. The quantitative estimate of drug-likeness (QED) is 0.737. The Balaban J connectivity index is 1.70. The van der Waals surface area contributed by atoms with Gasteiger partial charge >= 0.3 is 0 Å². The Morgan fingerprint density at radius 3 is 2.70 bits per heavy atom. The van der Waals surface area contributed by atoms with E-state index in [-0.39, 0.29) is 0 Å². The maximum absolute atomic E-state index is 5.83. The summed E-state index contributed by atoms with van der Waals surface area (Å²) < 4.78 is 11.2. The number of aryl methyl sites for hydroxylation is 1. The Labute approximate surface area is 122 Å². The fraction of sp³-hybridized carbons (Fsp3) is 0.647. The van der Waals surface area contributed by atoms with Crippen molar-refractivity contribution >= 4 is 0 Å². The van der Waals surface area contributed by atoms with Crippen LogP contribution in [0.25, 0.3) is 0 Å². The Morgan fingerprint density at radius 2 is 2.00 bits per heavy atom. The van der Waals surface area contributed by atoms with Crippen LogP contribution in [0, 0.1) is 0 Å². The third kappa shape index (κ3) is 4.41. The molecule has 1 aliphatic carbocycles. The van der Waals surface area contributed by atoms with Gasteiger partial charge < -0.3 is 14.8 Å². The molecule has 1 saturated carbocycles. The molecule has 1 aromatic rings. The number of hydrogen-bond acceptors (Lipinski definition) is 3. The topological polar surface area (TPSA) is 30.5 Å². The minimum atomic E-state index is 0.738. The monoisotopic (exact) mass is 277 g/mol. The van der Waals surface area contributed by atoms with E-state index in [1.54, 1.807) is 7.11 Å². The van der Waals surface area contributed by atoms with Gasteiger partial charge in [-0.1, -0.05) is 25.8 Å². The van der Waals surface area contributed by atoms with E-state index in [0.29, 0.717) is 0 Å². The van der Waals surface area contributed by atoms with Gasteiger partial charge in [0, 0.05) is 6.04 Å². The van der Waals surface area contributed by atoms with Gasteiger partial charge in [0.05, 0.1) is 13.7 Å². The van der Waals surface area contributed by atoms with Crippen molar-refractivity contribution in [3.05, 3.63) is 23.8 Å². The molecule has 1 N–H and O–H groups in total. The van der Waals surface area contributed by atoms with E-state index >= 15 is 0 Å². The zero-order valence-electron chi connectivity index (χ0n) is 12.8. The van der Waals surface area contributed by atoms with E-state index in [0.717, 1.165) is 43.5 Å². The number of hydrogen-bond donors (Lipinski definition) is 1. The van der Waals surface area contributed by atoms with E-state index in [2.05, 4.69) is 24.4 Å². The van der Waals surface area contributed by atoms with Crippen LogP contribution in [0.15, 0.2) is 18.2 Å². The molecule has 0 bridgehead atoms. The Morgan fingerprint density at radius 1 is 1.20 bits per heavy atom. The molecule has 0 saturated heterocycles. The summed E-state index contributed by atoms with van der Waals surface area (Å²) in [5, 5.41) is 3.60. The first-order valence-corrected chi connectivity index (χ1v) is 7.86. The maximum atomic E-state index is 5.83. The molecule has 0 heterocycles. The highest BCUT2D eigenvalue weighted by Crippen LogP contribution is 2.28. The predicted octanol–water partition coefficient (Wildman–Crippen LogP) is 3.56. The van der Waals surface area contributed by atoms with Gasteiger partial charge in [-0.05, 0) is 49.9 Å². The fourth-order valence-corrected chi connectivity index (χ4v) is 2.74. The molecule has 1 aliphatic rings. The van der Waals surface area contributed by atoms with Crippen LogP contribution in [0.4, 0.5) is 0 Å². The first kappa shape index (κ1) is 15.2. The van der Waals surface area contributed by atoms with E-state index in [1.807, 2.05) is 6.07 Å². The van der Waals surface area contributed by atoms with Crippen LogP contribution in [-0.2, 0) is 6.42 Å². The number of methoxy groups -OCH3 is 1. The molecule has 0 unspecified atom stereocenters. The highest BCUT2D eigenvalue weighted by molar-refractivity contribution is 5.42. The molecule has 0 spiro atoms. The Kier molecular flexibility index (Phi) is 6.19. The SMILES string of the molecule is CCc1ccc(OCCCNC2CCCC2)c(OC)c1. The molecule has 1 aromatic carbocycles. The average molecular weight is 277 g/mol. The standard InChI is InChI=1S/C17H27NO2/c1-3-14-9-10-16(17(13-14)19-2)20-12-6-11-18-15-7-4-5-8-15/h9-10,13,15,18H,3-8,11-12H2,1-2H3. The Hall–Kier alpha value is -1.22. The molecule has 1 fully saturated rings. The summed E-state index contributed by atoms with van der Waals surface area (Å²) in [6.45, 7) is 3.92. The lowest BCUT2D eigenvalue weighted by atomic mass is 10.1. The smallest absolute Gasteiger partial charge is 0.161 e. The summed E-state index contributed by atoms with van der Waals surface area (Å²) >= 11 is 0. The van der Waals surface area contributed by atoms with Crippen LogP contribution in [0.2, 0.25) is 0 Å². The van der Waals surface area contributed by atoms with Gasteiger partial charge in [0.2, 0.25) is 0 Å². The molecule has 20 heavy (non-hydrogen) atoms. The summed E-state index contributed by atoms with van der Waals surface area (Å²) in [7, 11) is 1.70. The molecule has 2 rings (SSSR count). The third-order valence-corrected chi connectivity index (χ3v) is 4.00. The Bertz CT molecular complexity index is 400. The van der Waals surface area contributed by atoms with Crippen molar-refractivity contribution in [3.63, 3.8) is 0 Å². The van der Waals surface area contributed by atoms with Gasteiger partial charge in [-0.3, -0.25) is 0 Å². The van der Waals surface area contributed by atoms with Gasteiger partial charge in [-0.25, -0.2) is 0 Å². The summed E-state index contributed by atoms with van der Waals surface area (Å²) in [6, 6.07) is 6.93. The van der Waals surface area contributed by atoms with Crippen molar-refractivity contribution in [2.45, 2.75) is 51.5 Å². The van der Waals surface area contributed by atoms with Crippen LogP contribution in [0.5, 0.6) is 11.5 Å². The molecular formula is C17H27NO2. The van der Waals surface area contributed by atoms with E-state index in [9.17, 15) is 0 Å². The average Bonchev–Trinajstić information content (AvgIpc) is 3.00.